The minimum Gasteiger partial charge on any atom is -0.444 e. The zero-order valence-corrected chi connectivity index (χ0v) is 24.1. The lowest BCUT2D eigenvalue weighted by molar-refractivity contribution is 0.0500. The van der Waals surface area contributed by atoms with E-state index in [1.54, 1.807) is 17.2 Å². The van der Waals surface area contributed by atoms with Crippen LogP contribution in [0.1, 0.15) is 52.5 Å². The third-order valence-electron chi connectivity index (χ3n) is 7.17. The molecule has 0 saturated carbocycles. The highest BCUT2D eigenvalue weighted by Gasteiger charge is 2.23. The second-order valence-corrected chi connectivity index (χ2v) is 11.7. The summed E-state index contributed by atoms with van der Waals surface area (Å²) in [5, 5.41) is 9.06. The van der Waals surface area contributed by atoms with Gasteiger partial charge in [-0.15, -0.1) is 0 Å². The fraction of sp³-hybridized carbons (Fsp3) is 0.586. The smallest absolute Gasteiger partial charge is 0.407 e. The first-order valence-corrected chi connectivity index (χ1v) is 14.3. The number of anilines is 1. The molecule has 2 aliphatic heterocycles. The van der Waals surface area contributed by atoms with E-state index in [4.69, 9.17) is 4.74 Å². The number of rotatable bonds is 6. The van der Waals surface area contributed by atoms with Crippen molar-refractivity contribution >= 4 is 17.9 Å². The first-order chi connectivity index (χ1) is 19.1. The van der Waals surface area contributed by atoms with Gasteiger partial charge in [-0.1, -0.05) is 12.1 Å². The van der Waals surface area contributed by atoms with Crippen LogP contribution in [0, 0.1) is 0 Å². The lowest BCUT2D eigenvalue weighted by Gasteiger charge is -2.31. The van der Waals surface area contributed by atoms with Gasteiger partial charge in [0.2, 0.25) is 0 Å². The second-order valence-electron chi connectivity index (χ2n) is 11.7. The van der Waals surface area contributed by atoms with Crippen molar-refractivity contribution in [2.45, 2.75) is 71.1 Å². The molecule has 11 nitrogen and oxygen atoms in total. The number of hydrogen-bond acceptors (Lipinski definition) is 7. The summed E-state index contributed by atoms with van der Waals surface area (Å²) in [7, 11) is 0. The number of ether oxygens (including phenoxy) is 1. The maximum Gasteiger partial charge on any atom is 0.407 e. The Kier molecular flexibility index (Phi) is 9.80. The van der Waals surface area contributed by atoms with Gasteiger partial charge >= 0.3 is 17.8 Å². The van der Waals surface area contributed by atoms with E-state index < -0.39 is 11.3 Å². The highest BCUT2D eigenvalue weighted by molar-refractivity contribution is 5.88. The van der Waals surface area contributed by atoms with Gasteiger partial charge in [0.15, 0.2) is 0 Å². The van der Waals surface area contributed by atoms with Crippen molar-refractivity contribution in [3.05, 3.63) is 52.6 Å². The summed E-state index contributed by atoms with van der Waals surface area (Å²) in [4.78, 5) is 45.6. The third kappa shape index (κ3) is 8.79. The Labute approximate surface area is 236 Å². The molecule has 0 radical (unpaired) electrons. The molecule has 2 aliphatic rings. The number of alkyl carbamates (subject to hydrolysis) is 1. The number of nitrogens with one attached hydrogen (secondary N) is 3. The van der Waals surface area contributed by atoms with E-state index in [1.165, 1.54) is 10.1 Å². The first-order valence-electron chi connectivity index (χ1n) is 14.3. The maximum absolute atomic E-state index is 12.7. The van der Waals surface area contributed by atoms with Gasteiger partial charge in [-0.05, 0) is 83.7 Å². The molecular formula is C29H43N7O4. The average Bonchev–Trinajstić information content (AvgIpc) is 3.12. The molecule has 1 aromatic carbocycles. The van der Waals surface area contributed by atoms with Crippen LogP contribution in [0.4, 0.5) is 15.4 Å². The van der Waals surface area contributed by atoms with E-state index >= 15 is 0 Å². The molecule has 2 aromatic rings. The Morgan fingerprint density at radius 3 is 2.58 bits per heavy atom. The Bertz CT molecular complexity index is 1210. The molecule has 1 aromatic heterocycles. The standard InChI is InChI=1S/C29H43N7O4/c1-21-20-35(19-14-30-21)26(37)32-25-13-18-36(27(38)33-25)24-9-7-22(8-10-24)11-16-34-15-5-6-23(12-17-34)31-28(39)40-29(2,3)4/h7-10,13,18,21,23,30H,5-6,11-12,14-17,19-20H2,1-4H3,(H,31,39)(H,32,33,37,38)/t21-,23?/m1/s1. The van der Waals surface area contributed by atoms with Gasteiger partial charge in [-0.3, -0.25) is 9.88 Å². The summed E-state index contributed by atoms with van der Waals surface area (Å²) in [5.41, 5.74) is 0.969. The van der Waals surface area contributed by atoms with Crippen LogP contribution in [0.25, 0.3) is 5.69 Å². The summed E-state index contributed by atoms with van der Waals surface area (Å²) in [6.07, 6.45) is 5.07. The van der Waals surface area contributed by atoms with E-state index in [9.17, 15) is 14.4 Å². The zero-order valence-electron chi connectivity index (χ0n) is 24.1. The number of carbonyl (C=O) groups excluding carboxylic acids is 2. The maximum atomic E-state index is 12.7. The predicted octanol–water partition coefficient (Wildman–Crippen LogP) is 2.98. The summed E-state index contributed by atoms with van der Waals surface area (Å²) in [6.45, 7) is 12.5. The van der Waals surface area contributed by atoms with Crippen molar-refractivity contribution < 1.29 is 14.3 Å². The molecule has 11 heteroatoms. The van der Waals surface area contributed by atoms with Gasteiger partial charge in [-0.25, -0.2) is 14.4 Å². The Morgan fingerprint density at radius 2 is 1.88 bits per heavy atom. The molecule has 40 heavy (non-hydrogen) atoms. The number of piperazine rings is 1. The number of amides is 3. The van der Waals surface area contributed by atoms with Crippen molar-refractivity contribution in [3.63, 3.8) is 0 Å². The lowest BCUT2D eigenvalue weighted by atomic mass is 10.1. The fourth-order valence-electron chi connectivity index (χ4n) is 5.08. The molecule has 2 atom stereocenters. The lowest BCUT2D eigenvalue weighted by Crippen LogP contribution is -2.52. The monoisotopic (exact) mass is 553 g/mol. The first kappa shape index (κ1) is 29.5. The van der Waals surface area contributed by atoms with Crippen LogP contribution < -0.4 is 21.6 Å². The van der Waals surface area contributed by atoms with Crippen molar-refractivity contribution in [1.82, 2.24) is 30.0 Å². The van der Waals surface area contributed by atoms with Gasteiger partial charge in [0.25, 0.3) is 0 Å². The quantitative estimate of drug-likeness (QED) is 0.503. The van der Waals surface area contributed by atoms with E-state index in [0.717, 1.165) is 57.5 Å². The highest BCUT2D eigenvalue weighted by atomic mass is 16.6. The van der Waals surface area contributed by atoms with Crippen molar-refractivity contribution in [2.24, 2.45) is 0 Å². The molecule has 0 aliphatic carbocycles. The van der Waals surface area contributed by atoms with Crippen LogP contribution in [0.2, 0.25) is 0 Å². The number of carbonyl (C=O) groups is 2. The molecule has 4 rings (SSSR count). The fourth-order valence-corrected chi connectivity index (χ4v) is 5.08. The molecule has 3 N–H and O–H groups in total. The van der Waals surface area contributed by atoms with Crippen molar-refractivity contribution in [2.75, 3.05) is 44.6 Å². The van der Waals surface area contributed by atoms with Crippen LogP contribution >= 0.6 is 0 Å². The van der Waals surface area contributed by atoms with E-state index in [1.807, 2.05) is 52.0 Å². The van der Waals surface area contributed by atoms with Crippen LogP contribution in [0.15, 0.2) is 41.3 Å². The molecule has 1 unspecified atom stereocenters. The van der Waals surface area contributed by atoms with Crippen molar-refractivity contribution in [3.8, 4) is 5.69 Å². The van der Waals surface area contributed by atoms with Crippen LogP contribution in [-0.4, -0.2) is 88.4 Å². The minimum absolute atomic E-state index is 0.136. The van der Waals surface area contributed by atoms with Gasteiger partial charge in [0.1, 0.15) is 11.4 Å². The number of nitrogens with zero attached hydrogens (tertiary/aromatic N) is 4. The summed E-state index contributed by atoms with van der Waals surface area (Å²) >= 11 is 0. The summed E-state index contributed by atoms with van der Waals surface area (Å²) < 4.78 is 6.87. The van der Waals surface area contributed by atoms with Crippen LogP contribution in [0.3, 0.4) is 0 Å². The largest absolute Gasteiger partial charge is 0.444 e. The Hall–Kier alpha value is -3.44. The second kappa shape index (κ2) is 13.3. The number of likely N-dealkylation sites (tertiary alicyclic amines) is 1. The third-order valence-corrected chi connectivity index (χ3v) is 7.17. The van der Waals surface area contributed by atoms with Gasteiger partial charge in [0.05, 0.1) is 5.69 Å². The average molecular weight is 554 g/mol. The molecule has 0 spiro atoms. The minimum atomic E-state index is -0.494. The molecule has 2 saturated heterocycles. The molecular weight excluding hydrogens is 510 g/mol. The summed E-state index contributed by atoms with van der Waals surface area (Å²) in [5.74, 6) is 0.245. The normalized spacial score (nSPS) is 20.4. The SMILES string of the molecule is C[C@@H]1CN(C(=O)Nc2ccn(-c3ccc(CCN4CCCC(NC(=O)OC(C)(C)C)CC4)cc3)c(=O)n2)CCN1. The molecule has 3 amide bonds. The van der Waals surface area contributed by atoms with E-state index in [2.05, 4.69) is 25.8 Å². The van der Waals surface area contributed by atoms with Crippen LogP contribution in [-0.2, 0) is 11.2 Å². The number of aromatic nitrogens is 2. The van der Waals surface area contributed by atoms with Crippen LogP contribution in [0.5, 0.6) is 0 Å². The zero-order chi connectivity index (χ0) is 28.7. The summed E-state index contributed by atoms with van der Waals surface area (Å²) in [6, 6.07) is 9.67. The predicted molar refractivity (Wildman–Crippen MR) is 155 cm³/mol. The topological polar surface area (TPSA) is 121 Å². The molecule has 3 heterocycles. The number of hydrogen-bond donors (Lipinski definition) is 3. The molecule has 2 fully saturated rings. The number of benzene rings is 1. The Morgan fingerprint density at radius 1 is 1.10 bits per heavy atom. The highest BCUT2D eigenvalue weighted by Crippen LogP contribution is 2.15. The van der Waals surface area contributed by atoms with Gasteiger partial charge in [-0.2, -0.15) is 4.98 Å². The van der Waals surface area contributed by atoms with Gasteiger partial charge < -0.3 is 25.2 Å². The molecule has 0 bridgehead atoms. The number of urea groups is 1. The van der Waals surface area contributed by atoms with Crippen molar-refractivity contribution in [1.29, 1.82) is 0 Å². The Balaban J connectivity index is 1.25. The molecule has 218 valence electrons. The van der Waals surface area contributed by atoms with Gasteiger partial charge in [0, 0.05) is 51.0 Å². The van der Waals surface area contributed by atoms with E-state index in [0.29, 0.717) is 13.1 Å². The van der Waals surface area contributed by atoms with E-state index in [-0.39, 0.29) is 30.0 Å².